The summed E-state index contributed by atoms with van der Waals surface area (Å²) in [5.74, 6) is -0.571. The number of nitrogens with zero attached hydrogens (tertiary/aromatic N) is 1. The van der Waals surface area contributed by atoms with E-state index in [4.69, 9.17) is 9.26 Å². The van der Waals surface area contributed by atoms with E-state index in [2.05, 4.69) is 5.16 Å². The first-order valence-corrected chi connectivity index (χ1v) is 11.7. The molecule has 5 rings (SSSR count). The van der Waals surface area contributed by atoms with Crippen LogP contribution in [0.3, 0.4) is 0 Å². The molecular weight excluding hydrogens is 451 g/mol. The third-order valence-corrected chi connectivity index (χ3v) is 7.18. The molecule has 2 aliphatic rings. The number of ether oxygens (including phenoxy) is 1. The molecule has 0 saturated heterocycles. The van der Waals surface area contributed by atoms with Gasteiger partial charge in [0, 0.05) is 13.0 Å². The van der Waals surface area contributed by atoms with Crippen LogP contribution in [0.4, 0.5) is 4.39 Å². The average molecular weight is 479 g/mol. The van der Waals surface area contributed by atoms with Gasteiger partial charge in [-0.15, -0.1) is 0 Å². The topological polar surface area (TPSA) is 92.6 Å². The maximum Gasteiger partial charge on any atom is 0.293 e. The molecule has 0 spiro atoms. The lowest BCUT2D eigenvalue weighted by Gasteiger charge is -2.36. The first-order chi connectivity index (χ1) is 16.7. The van der Waals surface area contributed by atoms with Crippen molar-refractivity contribution in [2.45, 2.75) is 51.0 Å². The summed E-state index contributed by atoms with van der Waals surface area (Å²) in [7, 11) is 1.57. The fraction of sp³-hybridized carbons (Fsp3) is 0.370. The van der Waals surface area contributed by atoms with Crippen LogP contribution in [0.5, 0.6) is 5.75 Å². The second-order valence-electron chi connectivity index (χ2n) is 9.93. The number of halogens is 1. The predicted octanol–water partition coefficient (Wildman–Crippen LogP) is 3.89. The quantitative estimate of drug-likeness (QED) is 0.601. The van der Waals surface area contributed by atoms with Crippen LogP contribution >= 0.6 is 0 Å². The largest absolute Gasteiger partial charge is 0.497 e. The zero-order valence-corrected chi connectivity index (χ0v) is 19.9. The standard InChI is InChI=1S/C27H27FN2O5/c1-27(2)8-6-17-10-15(11-20(28)24(17)27)12-21(31)25-19-5-4-18(34-3)13-16(19)7-9-30(25)26(33)22-14-23(32)29-35-22/h4-5,10-11,13-14,25H,6-9,12H2,1-3H3,(H,29,32). The first-order valence-electron chi connectivity index (χ1n) is 11.7. The second kappa shape index (κ2) is 8.52. The van der Waals surface area contributed by atoms with E-state index in [-0.39, 0.29) is 35.7 Å². The number of aromatic amines is 1. The molecule has 2 heterocycles. The summed E-state index contributed by atoms with van der Waals surface area (Å²) in [6.07, 6.45) is 2.12. The predicted molar refractivity (Wildman–Crippen MR) is 126 cm³/mol. The third-order valence-electron chi connectivity index (χ3n) is 7.18. The van der Waals surface area contributed by atoms with Gasteiger partial charge in [0.2, 0.25) is 5.76 Å². The van der Waals surface area contributed by atoms with Gasteiger partial charge in [-0.1, -0.05) is 26.0 Å². The number of ketones is 1. The van der Waals surface area contributed by atoms with Crippen LogP contribution in [0.2, 0.25) is 0 Å². The lowest BCUT2D eigenvalue weighted by atomic mass is 9.84. The number of aryl methyl sites for hydroxylation is 1. The van der Waals surface area contributed by atoms with Gasteiger partial charge in [-0.3, -0.25) is 14.4 Å². The number of benzene rings is 2. The summed E-state index contributed by atoms with van der Waals surface area (Å²) < 4.78 is 25.4. The van der Waals surface area contributed by atoms with Gasteiger partial charge in [0.1, 0.15) is 17.6 Å². The normalized spacial score (nSPS) is 18.2. The van der Waals surface area contributed by atoms with Crippen LogP contribution < -0.4 is 10.3 Å². The van der Waals surface area contributed by atoms with Crippen molar-refractivity contribution in [2.24, 2.45) is 0 Å². The van der Waals surface area contributed by atoms with Crippen LogP contribution in [0.1, 0.15) is 64.7 Å². The summed E-state index contributed by atoms with van der Waals surface area (Å²) in [6, 6.07) is 8.94. The fourth-order valence-corrected chi connectivity index (χ4v) is 5.48. The highest BCUT2D eigenvalue weighted by Crippen LogP contribution is 2.41. The number of carbonyl (C=O) groups is 2. The summed E-state index contributed by atoms with van der Waals surface area (Å²) in [5, 5.41) is 2.12. The molecule has 0 bridgehead atoms. The fourth-order valence-electron chi connectivity index (χ4n) is 5.48. The summed E-state index contributed by atoms with van der Waals surface area (Å²) in [4.78, 5) is 39.9. The van der Waals surface area contributed by atoms with Crippen LogP contribution in [0.15, 0.2) is 45.7 Å². The molecule has 8 heteroatoms. The number of nitrogens with one attached hydrogen (secondary N) is 1. The van der Waals surface area contributed by atoms with E-state index in [9.17, 15) is 14.4 Å². The Hall–Kier alpha value is -3.68. The molecule has 2 aromatic carbocycles. The molecule has 35 heavy (non-hydrogen) atoms. The Morgan fingerprint density at radius 2 is 1.97 bits per heavy atom. The highest BCUT2D eigenvalue weighted by molar-refractivity contribution is 5.97. The molecular formula is C27H27FN2O5. The summed E-state index contributed by atoms with van der Waals surface area (Å²) >= 11 is 0. The van der Waals surface area contributed by atoms with Gasteiger partial charge in [-0.2, -0.15) is 5.16 Å². The van der Waals surface area contributed by atoms with E-state index in [1.807, 2.05) is 26.0 Å². The van der Waals surface area contributed by atoms with Crippen LogP contribution in [0, 0.1) is 5.82 Å². The number of fused-ring (bicyclic) bond motifs is 2. The zero-order chi connectivity index (χ0) is 24.9. The molecule has 1 aliphatic heterocycles. The minimum atomic E-state index is -0.898. The van der Waals surface area contributed by atoms with E-state index in [0.717, 1.165) is 35.6 Å². The van der Waals surface area contributed by atoms with Crippen molar-refractivity contribution >= 4 is 11.7 Å². The number of carbonyl (C=O) groups excluding carboxylic acids is 2. The molecule has 0 saturated carbocycles. The smallest absolute Gasteiger partial charge is 0.293 e. The number of hydrogen-bond acceptors (Lipinski definition) is 5. The second-order valence-corrected chi connectivity index (χ2v) is 9.93. The maximum atomic E-state index is 15.1. The van der Waals surface area contributed by atoms with Crippen LogP contribution in [0.25, 0.3) is 0 Å². The molecule has 1 atom stereocenters. The molecule has 182 valence electrons. The highest BCUT2D eigenvalue weighted by atomic mass is 19.1. The molecule has 1 aromatic heterocycles. The van der Waals surface area contributed by atoms with Gasteiger partial charge >= 0.3 is 0 Å². The average Bonchev–Trinajstić information content (AvgIpc) is 3.39. The monoisotopic (exact) mass is 478 g/mol. The molecule has 1 amide bonds. The Labute approximate surface area is 201 Å². The van der Waals surface area contributed by atoms with Gasteiger partial charge in [-0.25, -0.2) is 4.39 Å². The zero-order valence-electron chi connectivity index (χ0n) is 19.9. The van der Waals surface area contributed by atoms with Crippen molar-refractivity contribution in [3.8, 4) is 5.75 Å². The van der Waals surface area contributed by atoms with E-state index in [1.54, 1.807) is 19.2 Å². The van der Waals surface area contributed by atoms with E-state index in [0.29, 0.717) is 23.3 Å². The highest BCUT2D eigenvalue weighted by Gasteiger charge is 2.38. The van der Waals surface area contributed by atoms with E-state index < -0.39 is 17.5 Å². The Morgan fingerprint density at radius 1 is 1.17 bits per heavy atom. The van der Waals surface area contributed by atoms with Gasteiger partial charge in [0.25, 0.3) is 11.5 Å². The Bertz CT molecular complexity index is 1390. The number of H-pyrrole nitrogens is 1. The number of methoxy groups -OCH3 is 1. The van der Waals surface area contributed by atoms with Crippen molar-refractivity contribution in [1.82, 2.24) is 10.1 Å². The number of Topliss-reactive ketones (excluding diaryl/α,β-unsaturated/α-hetero) is 1. The molecule has 3 aromatic rings. The van der Waals surface area contributed by atoms with Crippen molar-refractivity contribution < 1.29 is 23.2 Å². The Morgan fingerprint density at radius 3 is 2.69 bits per heavy atom. The van der Waals surface area contributed by atoms with Gasteiger partial charge in [-0.05, 0) is 70.7 Å². The van der Waals surface area contributed by atoms with Crippen LogP contribution in [-0.4, -0.2) is 35.4 Å². The van der Waals surface area contributed by atoms with E-state index >= 15 is 4.39 Å². The minimum Gasteiger partial charge on any atom is -0.497 e. The first kappa shape index (κ1) is 23.1. The number of amides is 1. The van der Waals surface area contributed by atoms with Gasteiger partial charge in [0.05, 0.1) is 13.2 Å². The molecule has 1 unspecified atom stereocenters. The lowest BCUT2D eigenvalue weighted by molar-refractivity contribution is -0.123. The third kappa shape index (κ3) is 4.07. The maximum absolute atomic E-state index is 15.1. The summed E-state index contributed by atoms with van der Waals surface area (Å²) in [5.41, 5.74) is 3.09. The number of hydrogen-bond donors (Lipinski definition) is 1. The lowest BCUT2D eigenvalue weighted by Crippen LogP contribution is -2.44. The molecule has 1 aliphatic carbocycles. The SMILES string of the molecule is COc1ccc2c(c1)CCN(C(=O)c1cc(=O)[nH]o1)C2C(=O)Cc1cc(F)c2c(c1)CCC2(C)C. The van der Waals surface area contributed by atoms with Gasteiger partial charge < -0.3 is 14.2 Å². The Balaban J connectivity index is 1.51. The van der Waals surface area contributed by atoms with E-state index in [1.165, 1.54) is 11.0 Å². The molecule has 0 radical (unpaired) electrons. The van der Waals surface area contributed by atoms with Crippen molar-refractivity contribution in [3.05, 3.63) is 86.1 Å². The number of rotatable bonds is 5. The number of aromatic nitrogens is 1. The van der Waals surface area contributed by atoms with Crippen molar-refractivity contribution in [3.63, 3.8) is 0 Å². The minimum absolute atomic E-state index is 0.0262. The van der Waals surface area contributed by atoms with Gasteiger partial charge in [0.15, 0.2) is 5.78 Å². The molecule has 7 nitrogen and oxygen atoms in total. The molecule has 1 N–H and O–H groups in total. The van der Waals surface area contributed by atoms with Crippen LogP contribution in [-0.2, 0) is 29.5 Å². The Kier molecular flexibility index (Phi) is 5.62. The van der Waals surface area contributed by atoms with Crippen molar-refractivity contribution in [2.75, 3.05) is 13.7 Å². The molecule has 0 fully saturated rings. The van der Waals surface area contributed by atoms with Crippen molar-refractivity contribution in [1.29, 1.82) is 0 Å². The summed E-state index contributed by atoms with van der Waals surface area (Å²) in [6.45, 7) is 4.32.